The number of ether oxygens (including phenoxy) is 1. The predicted octanol–water partition coefficient (Wildman–Crippen LogP) is 3.89. The van der Waals surface area contributed by atoms with Crippen molar-refractivity contribution in [3.63, 3.8) is 0 Å². The van der Waals surface area contributed by atoms with Gasteiger partial charge in [-0.15, -0.1) is 10.2 Å². The van der Waals surface area contributed by atoms with Crippen LogP contribution in [0.2, 0.25) is 5.02 Å². The molecule has 0 aliphatic carbocycles. The molecule has 1 aromatic carbocycles. The van der Waals surface area contributed by atoms with Crippen molar-refractivity contribution in [2.45, 2.75) is 44.9 Å². The second kappa shape index (κ2) is 10.7. The van der Waals surface area contributed by atoms with E-state index in [1.165, 1.54) is 11.8 Å². The van der Waals surface area contributed by atoms with E-state index in [4.69, 9.17) is 16.3 Å². The highest BCUT2D eigenvalue weighted by atomic mass is 35.5. The first-order chi connectivity index (χ1) is 12.9. The van der Waals surface area contributed by atoms with Crippen molar-refractivity contribution in [1.82, 2.24) is 20.1 Å². The Morgan fingerprint density at radius 2 is 2.04 bits per heavy atom. The van der Waals surface area contributed by atoms with Crippen LogP contribution in [0, 0.1) is 5.92 Å². The summed E-state index contributed by atoms with van der Waals surface area (Å²) < 4.78 is 7.17. The molecule has 1 aromatic heterocycles. The van der Waals surface area contributed by atoms with E-state index in [9.17, 15) is 4.79 Å². The molecule has 6 nitrogen and oxygen atoms in total. The number of halogens is 1. The average molecular weight is 411 g/mol. The molecule has 1 N–H and O–H groups in total. The number of thioether (sulfide) groups is 1. The molecule has 0 bridgehead atoms. The van der Waals surface area contributed by atoms with Crippen molar-refractivity contribution in [1.29, 1.82) is 0 Å². The molecular formula is C19H27ClN4O2S. The van der Waals surface area contributed by atoms with Gasteiger partial charge in [0.1, 0.15) is 0 Å². The smallest absolute Gasteiger partial charge is 0.230 e. The maximum Gasteiger partial charge on any atom is 0.230 e. The molecule has 27 heavy (non-hydrogen) atoms. The zero-order chi connectivity index (χ0) is 19.8. The molecule has 0 aliphatic rings. The number of amides is 1. The van der Waals surface area contributed by atoms with Crippen LogP contribution in [-0.4, -0.2) is 46.2 Å². The van der Waals surface area contributed by atoms with Crippen molar-refractivity contribution in [2.24, 2.45) is 5.92 Å². The molecule has 148 valence electrons. The van der Waals surface area contributed by atoms with Gasteiger partial charge in [-0.1, -0.05) is 49.3 Å². The van der Waals surface area contributed by atoms with Gasteiger partial charge in [-0.05, 0) is 31.4 Å². The zero-order valence-corrected chi connectivity index (χ0v) is 17.8. The van der Waals surface area contributed by atoms with Gasteiger partial charge >= 0.3 is 0 Å². The van der Waals surface area contributed by atoms with E-state index in [-0.39, 0.29) is 11.9 Å². The minimum Gasteiger partial charge on any atom is -0.385 e. The highest BCUT2D eigenvalue weighted by molar-refractivity contribution is 7.99. The molecule has 2 rings (SSSR count). The van der Waals surface area contributed by atoms with Crippen molar-refractivity contribution >= 4 is 29.3 Å². The lowest BCUT2D eigenvalue weighted by Crippen LogP contribution is -2.37. The van der Waals surface area contributed by atoms with Crippen LogP contribution in [-0.2, 0) is 16.1 Å². The number of carbonyl (C=O) groups is 1. The molecule has 0 aliphatic heterocycles. The third-order valence-corrected chi connectivity index (χ3v) is 5.58. The Bertz CT molecular complexity index is 751. The summed E-state index contributed by atoms with van der Waals surface area (Å²) in [6.45, 7) is 7.50. The molecule has 1 heterocycles. The van der Waals surface area contributed by atoms with Gasteiger partial charge in [0.2, 0.25) is 5.91 Å². The summed E-state index contributed by atoms with van der Waals surface area (Å²) in [4.78, 5) is 12.2. The fraction of sp³-hybridized carbons (Fsp3) is 0.526. The van der Waals surface area contributed by atoms with Crippen LogP contribution in [0.1, 0.15) is 27.2 Å². The second-order valence-electron chi connectivity index (χ2n) is 6.67. The highest BCUT2D eigenvalue weighted by Gasteiger charge is 2.18. The average Bonchev–Trinajstić information content (AvgIpc) is 3.03. The van der Waals surface area contributed by atoms with E-state index < -0.39 is 0 Å². The molecular weight excluding hydrogens is 384 g/mol. The quantitative estimate of drug-likeness (QED) is 0.475. The summed E-state index contributed by atoms with van der Waals surface area (Å²) in [5.41, 5.74) is 0.828. The lowest BCUT2D eigenvalue weighted by atomic mass is 10.1. The van der Waals surface area contributed by atoms with Gasteiger partial charge in [0.15, 0.2) is 11.0 Å². The minimum absolute atomic E-state index is 0.00747. The third-order valence-electron chi connectivity index (χ3n) is 4.28. The Labute approximate surface area is 170 Å². The summed E-state index contributed by atoms with van der Waals surface area (Å²) in [6.07, 6.45) is 0.816. The topological polar surface area (TPSA) is 69.0 Å². The number of hydrogen-bond acceptors (Lipinski definition) is 5. The summed E-state index contributed by atoms with van der Waals surface area (Å²) in [7, 11) is 1.68. The van der Waals surface area contributed by atoms with Crippen LogP contribution in [0.5, 0.6) is 0 Å². The lowest BCUT2D eigenvalue weighted by Gasteiger charge is -2.17. The fourth-order valence-corrected chi connectivity index (χ4v) is 3.39. The van der Waals surface area contributed by atoms with Crippen LogP contribution in [0.15, 0.2) is 29.4 Å². The van der Waals surface area contributed by atoms with E-state index in [1.807, 2.05) is 35.8 Å². The van der Waals surface area contributed by atoms with Crippen molar-refractivity contribution in [2.75, 3.05) is 19.5 Å². The summed E-state index contributed by atoms with van der Waals surface area (Å²) in [6, 6.07) is 7.69. The number of methoxy groups -OCH3 is 1. The van der Waals surface area contributed by atoms with Gasteiger partial charge in [-0.25, -0.2) is 0 Å². The normalized spacial score (nSPS) is 12.4. The SMILES string of the molecule is COCCCn1c(SCC(=O)NC(C)C(C)C)nnc1-c1ccccc1Cl. The van der Waals surface area contributed by atoms with Crippen molar-refractivity contribution < 1.29 is 9.53 Å². The number of nitrogens with zero attached hydrogens (tertiary/aromatic N) is 3. The number of benzene rings is 1. The Morgan fingerprint density at radius 1 is 1.30 bits per heavy atom. The monoisotopic (exact) mass is 410 g/mol. The van der Waals surface area contributed by atoms with E-state index in [0.29, 0.717) is 40.8 Å². The first-order valence-corrected chi connectivity index (χ1v) is 10.4. The molecule has 0 fully saturated rings. The molecule has 1 atom stereocenters. The Hall–Kier alpha value is -1.57. The van der Waals surface area contributed by atoms with Crippen LogP contribution >= 0.6 is 23.4 Å². The van der Waals surface area contributed by atoms with Gasteiger partial charge < -0.3 is 14.6 Å². The number of aromatic nitrogens is 3. The summed E-state index contributed by atoms with van der Waals surface area (Å²) >= 11 is 7.72. The maximum absolute atomic E-state index is 12.2. The first-order valence-electron chi connectivity index (χ1n) is 9.03. The first kappa shape index (κ1) is 21.7. The van der Waals surface area contributed by atoms with Crippen LogP contribution in [0.4, 0.5) is 0 Å². The molecule has 2 aromatic rings. The number of nitrogens with one attached hydrogen (secondary N) is 1. The van der Waals surface area contributed by atoms with E-state index in [1.54, 1.807) is 7.11 Å². The standard InChI is InChI=1S/C19H27ClN4O2S/c1-13(2)14(3)21-17(25)12-27-19-23-22-18(24(19)10-7-11-26-4)15-8-5-6-9-16(15)20/h5-6,8-9,13-14H,7,10-12H2,1-4H3,(H,21,25). The molecule has 1 unspecified atom stereocenters. The molecule has 0 saturated heterocycles. The number of carbonyl (C=O) groups excluding carboxylic acids is 1. The zero-order valence-electron chi connectivity index (χ0n) is 16.2. The van der Waals surface area contributed by atoms with Gasteiger partial charge in [0.25, 0.3) is 0 Å². The molecule has 8 heteroatoms. The largest absolute Gasteiger partial charge is 0.385 e. The molecule has 0 saturated carbocycles. The lowest BCUT2D eigenvalue weighted by molar-refractivity contribution is -0.119. The van der Waals surface area contributed by atoms with E-state index in [0.717, 1.165) is 12.0 Å². The fourth-order valence-electron chi connectivity index (χ4n) is 2.40. The molecule has 1 amide bonds. The maximum atomic E-state index is 12.2. The Morgan fingerprint density at radius 3 is 2.70 bits per heavy atom. The van der Waals surface area contributed by atoms with Gasteiger partial charge in [-0.3, -0.25) is 4.79 Å². The third kappa shape index (κ3) is 6.23. The van der Waals surface area contributed by atoms with Crippen molar-refractivity contribution in [3.8, 4) is 11.4 Å². The highest BCUT2D eigenvalue weighted by Crippen LogP contribution is 2.29. The van der Waals surface area contributed by atoms with Crippen LogP contribution in [0.25, 0.3) is 11.4 Å². The Balaban J connectivity index is 2.16. The van der Waals surface area contributed by atoms with Gasteiger partial charge in [0, 0.05) is 31.9 Å². The molecule has 0 radical (unpaired) electrons. The van der Waals surface area contributed by atoms with E-state index in [2.05, 4.69) is 29.4 Å². The number of hydrogen-bond donors (Lipinski definition) is 1. The minimum atomic E-state index is -0.00747. The summed E-state index contributed by atoms with van der Waals surface area (Å²) in [5.74, 6) is 1.38. The summed E-state index contributed by atoms with van der Waals surface area (Å²) in [5, 5.41) is 13.0. The molecule has 0 spiro atoms. The van der Waals surface area contributed by atoms with Crippen molar-refractivity contribution in [3.05, 3.63) is 29.3 Å². The predicted molar refractivity (Wildman–Crippen MR) is 110 cm³/mol. The Kier molecular flexibility index (Phi) is 8.60. The van der Waals surface area contributed by atoms with Gasteiger partial charge in [-0.2, -0.15) is 0 Å². The van der Waals surface area contributed by atoms with Crippen LogP contribution < -0.4 is 5.32 Å². The second-order valence-corrected chi connectivity index (χ2v) is 8.02. The van der Waals surface area contributed by atoms with Gasteiger partial charge in [0.05, 0.1) is 10.8 Å². The number of rotatable bonds is 10. The van der Waals surface area contributed by atoms with E-state index >= 15 is 0 Å². The van der Waals surface area contributed by atoms with Crippen LogP contribution in [0.3, 0.4) is 0 Å².